The number of piperidine rings is 1. The van der Waals surface area contributed by atoms with Gasteiger partial charge in [-0.2, -0.15) is 0 Å². The van der Waals surface area contributed by atoms with Crippen LogP contribution in [0.4, 0.5) is 4.39 Å². The highest BCUT2D eigenvalue weighted by atomic mass is 19.1. The first kappa shape index (κ1) is 20.7. The van der Waals surface area contributed by atoms with Gasteiger partial charge < -0.3 is 10.6 Å². The van der Waals surface area contributed by atoms with E-state index in [1.54, 1.807) is 42.7 Å². The molecule has 1 aliphatic heterocycles. The highest BCUT2D eigenvalue weighted by Crippen LogP contribution is 2.32. The van der Waals surface area contributed by atoms with Crippen molar-refractivity contribution in [1.82, 2.24) is 14.9 Å². The van der Waals surface area contributed by atoms with Crippen molar-refractivity contribution in [2.75, 3.05) is 13.1 Å². The van der Waals surface area contributed by atoms with Crippen LogP contribution >= 0.6 is 0 Å². The lowest BCUT2D eigenvalue weighted by Gasteiger charge is -2.33. The standard InChI is InChI=1S/C24H23FN4O2/c25-20-8-6-16(7-9-20)13-21(30)29-12-2-5-19(15-29)23-22(27-10-11-28-23)17-3-1-4-18(14-17)24(26)31/h1,3-4,6-11,14,19H,2,5,12-13,15H2,(H2,26,31). The van der Waals surface area contributed by atoms with Gasteiger partial charge in [0, 0.05) is 42.5 Å². The second-order valence-electron chi connectivity index (χ2n) is 7.72. The Morgan fingerprint density at radius 2 is 1.87 bits per heavy atom. The lowest BCUT2D eigenvalue weighted by molar-refractivity contribution is -0.131. The number of likely N-dealkylation sites (tertiary alicyclic amines) is 1. The van der Waals surface area contributed by atoms with E-state index in [1.165, 1.54) is 12.1 Å². The molecule has 0 bridgehead atoms. The number of hydrogen-bond donors (Lipinski definition) is 1. The largest absolute Gasteiger partial charge is 0.366 e. The summed E-state index contributed by atoms with van der Waals surface area (Å²) in [5.74, 6) is -0.767. The van der Waals surface area contributed by atoms with Crippen LogP contribution < -0.4 is 5.73 Å². The maximum atomic E-state index is 13.1. The van der Waals surface area contributed by atoms with Crippen molar-refractivity contribution in [3.8, 4) is 11.3 Å². The highest BCUT2D eigenvalue weighted by Gasteiger charge is 2.28. The van der Waals surface area contributed by atoms with Crippen molar-refractivity contribution in [2.45, 2.75) is 25.2 Å². The number of halogens is 1. The molecule has 0 radical (unpaired) electrons. The number of rotatable bonds is 5. The summed E-state index contributed by atoms with van der Waals surface area (Å²) in [6.07, 6.45) is 5.26. The third-order valence-corrected chi connectivity index (χ3v) is 5.58. The number of benzene rings is 2. The molecule has 2 N–H and O–H groups in total. The van der Waals surface area contributed by atoms with Gasteiger partial charge in [0.05, 0.1) is 17.8 Å². The van der Waals surface area contributed by atoms with E-state index in [1.807, 2.05) is 11.0 Å². The van der Waals surface area contributed by atoms with Crippen LogP contribution in [-0.4, -0.2) is 39.8 Å². The number of aromatic nitrogens is 2. The fraction of sp³-hybridized carbons (Fsp3) is 0.250. The fourth-order valence-electron chi connectivity index (χ4n) is 4.01. The number of carbonyl (C=O) groups is 2. The topological polar surface area (TPSA) is 89.2 Å². The average Bonchev–Trinajstić information content (AvgIpc) is 2.80. The molecule has 6 nitrogen and oxygen atoms in total. The molecule has 4 rings (SSSR count). The molecule has 0 aliphatic carbocycles. The van der Waals surface area contributed by atoms with Crippen LogP contribution in [0.2, 0.25) is 0 Å². The van der Waals surface area contributed by atoms with E-state index >= 15 is 0 Å². The molecule has 31 heavy (non-hydrogen) atoms. The minimum Gasteiger partial charge on any atom is -0.366 e. The smallest absolute Gasteiger partial charge is 0.248 e. The van der Waals surface area contributed by atoms with Crippen molar-refractivity contribution >= 4 is 11.8 Å². The van der Waals surface area contributed by atoms with Gasteiger partial charge in [-0.15, -0.1) is 0 Å². The lowest BCUT2D eigenvalue weighted by Crippen LogP contribution is -2.40. The Kier molecular flexibility index (Phi) is 6.02. The van der Waals surface area contributed by atoms with Gasteiger partial charge in [0.1, 0.15) is 5.82 Å². The van der Waals surface area contributed by atoms with E-state index in [-0.39, 0.29) is 24.1 Å². The molecule has 3 aromatic rings. The van der Waals surface area contributed by atoms with Crippen LogP contribution in [0.25, 0.3) is 11.3 Å². The maximum absolute atomic E-state index is 13.1. The quantitative estimate of drug-likeness (QED) is 0.688. The number of amides is 2. The second kappa shape index (κ2) is 9.04. The summed E-state index contributed by atoms with van der Waals surface area (Å²) < 4.78 is 13.1. The summed E-state index contributed by atoms with van der Waals surface area (Å²) >= 11 is 0. The van der Waals surface area contributed by atoms with Gasteiger partial charge in [-0.3, -0.25) is 19.6 Å². The van der Waals surface area contributed by atoms with Gasteiger partial charge in [0.15, 0.2) is 0 Å². The maximum Gasteiger partial charge on any atom is 0.248 e. The van der Waals surface area contributed by atoms with Crippen molar-refractivity contribution in [3.05, 3.63) is 83.6 Å². The second-order valence-corrected chi connectivity index (χ2v) is 7.72. The number of carbonyl (C=O) groups excluding carboxylic acids is 2. The highest BCUT2D eigenvalue weighted by molar-refractivity contribution is 5.94. The van der Waals surface area contributed by atoms with E-state index in [4.69, 9.17) is 5.73 Å². The molecular formula is C24H23FN4O2. The van der Waals surface area contributed by atoms with Crippen LogP contribution in [-0.2, 0) is 11.2 Å². The molecular weight excluding hydrogens is 395 g/mol. The van der Waals surface area contributed by atoms with E-state index in [2.05, 4.69) is 9.97 Å². The summed E-state index contributed by atoms with van der Waals surface area (Å²) in [5.41, 5.74) is 8.90. The van der Waals surface area contributed by atoms with Crippen molar-refractivity contribution in [3.63, 3.8) is 0 Å². The van der Waals surface area contributed by atoms with Gasteiger partial charge >= 0.3 is 0 Å². The first-order valence-electron chi connectivity index (χ1n) is 10.2. The summed E-state index contributed by atoms with van der Waals surface area (Å²) in [5, 5.41) is 0. The molecule has 1 aromatic heterocycles. The van der Waals surface area contributed by atoms with Gasteiger partial charge in [0.2, 0.25) is 11.8 Å². The molecule has 1 unspecified atom stereocenters. The zero-order valence-corrected chi connectivity index (χ0v) is 17.0. The van der Waals surface area contributed by atoms with Crippen molar-refractivity contribution in [1.29, 1.82) is 0 Å². The van der Waals surface area contributed by atoms with E-state index in [0.29, 0.717) is 24.3 Å². The Morgan fingerprint density at radius 3 is 2.65 bits per heavy atom. The minimum atomic E-state index is -0.498. The normalized spacial score (nSPS) is 16.2. The molecule has 0 spiro atoms. The van der Waals surface area contributed by atoms with E-state index in [0.717, 1.165) is 29.7 Å². The fourth-order valence-corrected chi connectivity index (χ4v) is 4.01. The third kappa shape index (κ3) is 4.77. The number of nitrogens with zero attached hydrogens (tertiary/aromatic N) is 3. The molecule has 7 heteroatoms. The Bertz CT molecular complexity index is 1100. The molecule has 1 fully saturated rings. The lowest BCUT2D eigenvalue weighted by atomic mass is 9.91. The molecule has 0 saturated carbocycles. The molecule has 1 saturated heterocycles. The Hall–Kier alpha value is -3.61. The van der Waals surface area contributed by atoms with Gasteiger partial charge in [-0.05, 0) is 42.7 Å². The molecule has 158 valence electrons. The molecule has 2 amide bonds. The molecule has 2 aromatic carbocycles. The Balaban J connectivity index is 1.55. The van der Waals surface area contributed by atoms with Gasteiger partial charge in [0.25, 0.3) is 0 Å². The van der Waals surface area contributed by atoms with Crippen molar-refractivity contribution < 1.29 is 14.0 Å². The summed E-state index contributed by atoms with van der Waals surface area (Å²) in [6, 6.07) is 13.0. The predicted molar refractivity (Wildman–Crippen MR) is 115 cm³/mol. The minimum absolute atomic E-state index is 0.0116. The summed E-state index contributed by atoms with van der Waals surface area (Å²) in [4.78, 5) is 35.4. The molecule has 1 aliphatic rings. The van der Waals surface area contributed by atoms with Gasteiger partial charge in [-0.1, -0.05) is 24.3 Å². The number of nitrogens with two attached hydrogens (primary N) is 1. The van der Waals surface area contributed by atoms with Crippen molar-refractivity contribution in [2.24, 2.45) is 5.73 Å². The monoisotopic (exact) mass is 418 g/mol. The summed E-state index contributed by atoms with van der Waals surface area (Å²) in [7, 11) is 0. The molecule has 2 heterocycles. The SMILES string of the molecule is NC(=O)c1cccc(-c2nccnc2C2CCCN(C(=O)Cc3ccc(F)cc3)C2)c1. The average molecular weight is 418 g/mol. The van der Waals surface area contributed by atoms with Crippen LogP contribution in [0.3, 0.4) is 0 Å². The van der Waals surface area contributed by atoms with Crippen LogP contribution in [0.15, 0.2) is 60.9 Å². The van der Waals surface area contributed by atoms with E-state index in [9.17, 15) is 14.0 Å². The third-order valence-electron chi connectivity index (χ3n) is 5.58. The number of hydrogen-bond acceptors (Lipinski definition) is 4. The number of primary amides is 1. The molecule has 1 atom stereocenters. The Labute approximate surface area is 179 Å². The first-order chi connectivity index (χ1) is 15.0. The van der Waals surface area contributed by atoms with Crippen LogP contribution in [0.5, 0.6) is 0 Å². The van der Waals surface area contributed by atoms with Crippen LogP contribution in [0, 0.1) is 5.82 Å². The van der Waals surface area contributed by atoms with Gasteiger partial charge in [-0.25, -0.2) is 4.39 Å². The summed E-state index contributed by atoms with van der Waals surface area (Å²) in [6.45, 7) is 1.23. The Morgan fingerprint density at radius 1 is 1.10 bits per heavy atom. The zero-order chi connectivity index (χ0) is 21.8. The van der Waals surface area contributed by atoms with E-state index < -0.39 is 5.91 Å². The first-order valence-corrected chi connectivity index (χ1v) is 10.2. The zero-order valence-electron chi connectivity index (χ0n) is 17.0. The predicted octanol–water partition coefficient (Wildman–Crippen LogP) is 3.33. The van der Waals surface area contributed by atoms with Crippen LogP contribution in [0.1, 0.15) is 40.4 Å².